The summed E-state index contributed by atoms with van der Waals surface area (Å²) in [5, 5.41) is 13.3. The molecule has 112 valence electrons. The first-order valence-corrected chi connectivity index (χ1v) is 7.08. The van der Waals surface area contributed by atoms with Crippen LogP contribution in [0, 0.1) is 0 Å². The van der Waals surface area contributed by atoms with E-state index in [0.717, 1.165) is 0 Å². The molecule has 0 saturated carbocycles. The van der Waals surface area contributed by atoms with Crippen LogP contribution in [0.15, 0.2) is 29.2 Å². The number of thioether (sulfide) groups is 1. The number of nitrogens with one attached hydrogen (secondary N) is 1. The molecule has 2 rings (SSSR count). The smallest absolute Gasteiger partial charge is 0.388 e. The van der Waals surface area contributed by atoms with Gasteiger partial charge in [0, 0.05) is 43.2 Å². The van der Waals surface area contributed by atoms with E-state index in [1.54, 1.807) is 12.1 Å². The highest BCUT2D eigenvalue weighted by atomic mass is 32.2. The molecule has 3 nitrogen and oxygen atoms in total. The van der Waals surface area contributed by atoms with Crippen LogP contribution < -0.4 is 5.32 Å². The monoisotopic (exact) mass is 307 g/mol. The molecule has 0 unspecified atom stereocenters. The van der Waals surface area contributed by atoms with Crippen molar-refractivity contribution in [1.29, 1.82) is 0 Å². The second-order valence-corrected chi connectivity index (χ2v) is 5.90. The molecule has 7 heteroatoms. The molecule has 0 amide bonds. The van der Waals surface area contributed by atoms with Crippen molar-refractivity contribution in [3.63, 3.8) is 0 Å². The zero-order chi connectivity index (χ0) is 14.6. The lowest BCUT2D eigenvalue weighted by atomic mass is 9.94. The Morgan fingerprint density at radius 3 is 2.35 bits per heavy atom. The fourth-order valence-electron chi connectivity index (χ4n) is 1.97. The molecule has 20 heavy (non-hydrogen) atoms. The van der Waals surface area contributed by atoms with Gasteiger partial charge in [-0.05, 0) is 36.0 Å². The average Bonchev–Trinajstić information content (AvgIpc) is 2.37. The van der Waals surface area contributed by atoms with Gasteiger partial charge in [-0.2, -0.15) is 13.2 Å². The molecule has 1 aromatic carbocycles. The second-order valence-electron chi connectivity index (χ2n) is 4.76. The maximum absolute atomic E-state index is 12.2. The maximum atomic E-state index is 12.2. The van der Waals surface area contributed by atoms with E-state index in [1.807, 2.05) is 0 Å². The molecule has 1 heterocycles. The first-order chi connectivity index (χ1) is 9.36. The Hall–Kier alpha value is -0.920. The Bertz CT molecular complexity index is 430. The van der Waals surface area contributed by atoms with Crippen LogP contribution in [0.5, 0.6) is 0 Å². The Morgan fingerprint density at radius 2 is 1.80 bits per heavy atom. The molecule has 0 aromatic heterocycles. The zero-order valence-corrected chi connectivity index (χ0v) is 11.6. The first kappa shape index (κ1) is 15.5. The van der Waals surface area contributed by atoms with Gasteiger partial charge in [0.1, 0.15) is 0 Å². The summed E-state index contributed by atoms with van der Waals surface area (Å²) in [6.07, 6.45) is 1.12. The number of alkyl halides is 3. The topological polar surface area (TPSA) is 41.5 Å². The van der Waals surface area contributed by atoms with Gasteiger partial charge in [0.05, 0.1) is 5.60 Å². The third-order valence-corrected chi connectivity index (χ3v) is 3.87. The van der Waals surface area contributed by atoms with Crippen LogP contribution in [-0.4, -0.2) is 36.0 Å². The molecular formula is C13H16F3NO2S. The van der Waals surface area contributed by atoms with Gasteiger partial charge in [0.15, 0.2) is 0 Å². The molecule has 1 aliphatic heterocycles. The van der Waals surface area contributed by atoms with Crippen LogP contribution in [0.2, 0.25) is 0 Å². The molecule has 1 saturated heterocycles. The van der Waals surface area contributed by atoms with E-state index in [1.165, 1.54) is 12.1 Å². The summed E-state index contributed by atoms with van der Waals surface area (Å²) < 4.78 is 41.7. The summed E-state index contributed by atoms with van der Waals surface area (Å²) in [5.74, 6) is 0. The molecule has 0 aliphatic carbocycles. The van der Waals surface area contributed by atoms with E-state index in [-0.39, 0.29) is 16.7 Å². The van der Waals surface area contributed by atoms with E-state index in [2.05, 4.69) is 5.32 Å². The number of hydrogen-bond donors (Lipinski definition) is 2. The second kappa shape index (κ2) is 6.24. The van der Waals surface area contributed by atoms with Crippen LogP contribution in [0.4, 0.5) is 18.9 Å². The quantitative estimate of drug-likeness (QED) is 0.838. The summed E-state index contributed by atoms with van der Waals surface area (Å²) in [4.78, 5) is 0.146. The van der Waals surface area contributed by atoms with Crippen molar-refractivity contribution in [1.82, 2.24) is 0 Å². The summed E-state index contributed by atoms with van der Waals surface area (Å²) >= 11 is -0.139. The Labute approximate surface area is 119 Å². The van der Waals surface area contributed by atoms with Crippen molar-refractivity contribution in [3.8, 4) is 0 Å². The van der Waals surface area contributed by atoms with Crippen LogP contribution in [0.1, 0.15) is 12.8 Å². The van der Waals surface area contributed by atoms with Gasteiger partial charge in [-0.1, -0.05) is 0 Å². The summed E-state index contributed by atoms with van der Waals surface area (Å²) in [6.45, 7) is 1.42. The van der Waals surface area contributed by atoms with Gasteiger partial charge < -0.3 is 15.2 Å². The minimum Gasteiger partial charge on any atom is -0.388 e. The Kier molecular flexibility index (Phi) is 4.82. The summed E-state index contributed by atoms with van der Waals surface area (Å²) in [6, 6.07) is 5.98. The first-order valence-electron chi connectivity index (χ1n) is 6.26. The van der Waals surface area contributed by atoms with Crippen molar-refractivity contribution in [2.75, 3.05) is 25.1 Å². The van der Waals surface area contributed by atoms with Crippen molar-refractivity contribution < 1.29 is 23.0 Å². The largest absolute Gasteiger partial charge is 0.446 e. The van der Waals surface area contributed by atoms with Gasteiger partial charge in [-0.3, -0.25) is 0 Å². The predicted octanol–water partition coefficient (Wildman–Crippen LogP) is 3.25. The molecule has 2 N–H and O–H groups in total. The SMILES string of the molecule is OC1(CNc2ccc(SC(F)(F)F)cc2)CCOCC1. The van der Waals surface area contributed by atoms with Gasteiger partial charge in [-0.15, -0.1) is 0 Å². The number of benzene rings is 1. The lowest BCUT2D eigenvalue weighted by Crippen LogP contribution is -2.42. The van der Waals surface area contributed by atoms with Crippen molar-refractivity contribution in [3.05, 3.63) is 24.3 Å². The maximum Gasteiger partial charge on any atom is 0.446 e. The minimum atomic E-state index is -4.27. The molecule has 0 spiro atoms. The summed E-state index contributed by atoms with van der Waals surface area (Å²) in [7, 11) is 0. The van der Waals surface area contributed by atoms with E-state index in [9.17, 15) is 18.3 Å². The highest BCUT2D eigenvalue weighted by molar-refractivity contribution is 8.00. The fraction of sp³-hybridized carbons (Fsp3) is 0.538. The third-order valence-electron chi connectivity index (χ3n) is 3.13. The number of aliphatic hydroxyl groups is 1. The van der Waals surface area contributed by atoms with Crippen molar-refractivity contribution in [2.24, 2.45) is 0 Å². The molecule has 0 atom stereocenters. The number of rotatable bonds is 4. The number of anilines is 1. The van der Waals surface area contributed by atoms with Gasteiger partial charge >= 0.3 is 5.51 Å². The standard InChI is InChI=1S/C13H16F3NO2S/c14-13(15,16)20-11-3-1-10(2-4-11)17-9-12(18)5-7-19-8-6-12/h1-4,17-18H,5-9H2. The molecule has 1 aliphatic rings. The molecule has 0 radical (unpaired) electrons. The van der Waals surface area contributed by atoms with E-state index < -0.39 is 11.1 Å². The molecule has 1 aromatic rings. The molecule has 0 bridgehead atoms. The predicted molar refractivity (Wildman–Crippen MR) is 71.8 cm³/mol. The normalized spacial score (nSPS) is 18.8. The molecular weight excluding hydrogens is 291 g/mol. The number of halogens is 3. The summed E-state index contributed by atoms with van der Waals surface area (Å²) in [5.41, 5.74) is -4.39. The van der Waals surface area contributed by atoms with Gasteiger partial charge in [-0.25, -0.2) is 0 Å². The van der Waals surface area contributed by atoms with E-state index in [0.29, 0.717) is 38.3 Å². The van der Waals surface area contributed by atoms with Gasteiger partial charge in [0.2, 0.25) is 0 Å². The van der Waals surface area contributed by atoms with Crippen LogP contribution in [0.3, 0.4) is 0 Å². The van der Waals surface area contributed by atoms with E-state index >= 15 is 0 Å². The minimum absolute atomic E-state index is 0.139. The zero-order valence-electron chi connectivity index (χ0n) is 10.7. The van der Waals surface area contributed by atoms with Crippen LogP contribution >= 0.6 is 11.8 Å². The van der Waals surface area contributed by atoms with Crippen molar-refractivity contribution in [2.45, 2.75) is 28.8 Å². The Balaban J connectivity index is 1.87. The Morgan fingerprint density at radius 1 is 1.20 bits per heavy atom. The lowest BCUT2D eigenvalue weighted by molar-refractivity contribution is -0.0543. The number of hydrogen-bond acceptors (Lipinski definition) is 4. The third kappa shape index (κ3) is 4.88. The molecule has 1 fully saturated rings. The van der Waals surface area contributed by atoms with Gasteiger partial charge in [0.25, 0.3) is 0 Å². The lowest BCUT2D eigenvalue weighted by Gasteiger charge is -2.32. The number of ether oxygens (including phenoxy) is 1. The highest BCUT2D eigenvalue weighted by Crippen LogP contribution is 2.37. The average molecular weight is 307 g/mol. The highest BCUT2D eigenvalue weighted by Gasteiger charge is 2.30. The van der Waals surface area contributed by atoms with E-state index in [4.69, 9.17) is 4.74 Å². The van der Waals surface area contributed by atoms with Crippen LogP contribution in [-0.2, 0) is 4.74 Å². The fourth-order valence-corrected chi connectivity index (χ4v) is 2.51. The van der Waals surface area contributed by atoms with Crippen LogP contribution in [0.25, 0.3) is 0 Å². The van der Waals surface area contributed by atoms with Crippen molar-refractivity contribution >= 4 is 17.4 Å².